The summed E-state index contributed by atoms with van der Waals surface area (Å²) in [6, 6.07) is 15.3. The van der Waals surface area contributed by atoms with Gasteiger partial charge in [0.05, 0.1) is 25.6 Å². The van der Waals surface area contributed by atoms with Crippen LogP contribution in [-0.4, -0.2) is 30.8 Å². The Morgan fingerprint density at radius 3 is 2.88 bits per heavy atom. The fraction of sp³-hybridized carbons (Fsp3) is 0.111. The molecule has 0 saturated carbocycles. The molecule has 6 nitrogen and oxygen atoms in total. The number of ether oxygens (including phenoxy) is 1. The number of hydrogen-bond donors (Lipinski definition) is 3. The van der Waals surface area contributed by atoms with Crippen molar-refractivity contribution in [2.45, 2.75) is 0 Å². The van der Waals surface area contributed by atoms with Gasteiger partial charge >= 0.3 is 0 Å². The van der Waals surface area contributed by atoms with E-state index in [4.69, 9.17) is 4.74 Å². The topological polar surface area (TPSA) is 78.5 Å². The summed E-state index contributed by atoms with van der Waals surface area (Å²) >= 11 is 0. The minimum atomic E-state index is -0.239. The van der Waals surface area contributed by atoms with Crippen LogP contribution >= 0.6 is 0 Å². The average molecular weight is 322 g/mol. The van der Waals surface area contributed by atoms with Crippen LogP contribution in [0.1, 0.15) is 5.56 Å². The predicted octanol–water partition coefficient (Wildman–Crippen LogP) is 2.74. The lowest BCUT2D eigenvalue weighted by atomic mass is 10.2. The minimum absolute atomic E-state index is 0.103. The first-order valence-corrected chi connectivity index (χ1v) is 7.53. The van der Waals surface area contributed by atoms with Gasteiger partial charge in [0.15, 0.2) is 0 Å². The Balaban J connectivity index is 1.56. The van der Waals surface area contributed by atoms with Crippen molar-refractivity contribution < 1.29 is 9.53 Å². The van der Waals surface area contributed by atoms with Gasteiger partial charge in [-0.05, 0) is 18.2 Å². The highest BCUT2D eigenvalue weighted by Crippen LogP contribution is 2.22. The number of fused-ring (bicyclic) bond motifs is 1. The molecule has 0 aliphatic rings. The van der Waals surface area contributed by atoms with Gasteiger partial charge in [0.2, 0.25) is 0 Å². The summed E-state index contributed by atoms with van der Waals surface area (Å²) in [5.74, 6) is 0.449. The van der Waals surface area contributed by atoms with Crippen LogP contribution in [0.2, 0.25) is 0 Å². The number of hydrazone groups is 1. The maximum absolute atomic E-state index is 11.9. The van der Waals surface area contributed by atoms with E-state index in [1.807, 2.05) is 54.7 Å². The Bertz CT molecular complexity index is 870. The number of para-hydroxylation sites is 3. The molecule has 0 unspecified atom stereocenters. The first kappa shape index (κ1) is 15.6. The Morgan fingerprint density at radius 1 is 1.21 bits per heavy atom. The summed E-state index contributed by atoms with van der Waals surface area (Å²) in [6.45, 7) is 0.103. The van der Waals surface area contributed by atoms with Crippen molar-refractivity contribution in [3.05, 3.63) is 60.3 Å². The maximum Gasteiger partial charge on any atom is 0.259 e. The molecule has 3 rings (SSSR count). The van der Waals surface area contributed by atoms with Gasteiger partial charge in [0, 0.05) is 22.7 Å². The highest BCUT2D eigenvalue weighted by atomic mass is 16.5. The number of hydrogen-bond acceptors (Lipinski definition) is 4. The summed E-state index contributed by atoms with van der Waals surface area (Å²) in [5, 5.41) is 8.08. The second-order valence-corrected chi connectivity index (χ2v) is 5.14. The number of nitrogens with zero attached hydrogens (tertiary/aromatic N) is 1. The van der Waals surface area contributed by atoms with E-state index in [0.29, 0.717) is 5.75 Å². The SMILES string of the molecule is COc1ccccc1NCC(=O)NN=Cc1c[nH]c2ccccc12. The number of carbonyl (C=O) groups excluding carboxylic acids is 1. The molecule has 6 heteroatoms. The van der Waals surface area contributed by atoms with Crippen LogP contribution < -0.4 is 15.5 Å². The molecule has 3 N–H and O–H groups in total. The van der Waals surface area contributed by atoms with Gasteiger partial charge in [-0.2, -0.15) is 5.10 Å². The first-order chi connectivity index (χ1) is 11.8. The van der Waals surface area contributed by atoms with E-state index in [9.17, 15) is 4.79 Å². The monoisotopic (exact) mass is 322 g/mol. The lowest BCUT2D eigenvalue weighted by Gasteiger charge is -2.09. The molecule has 0 aliphatic heterocycles. The molecule has 0 spiro atoms. The second-order valence-electron chi connectivity index (χ2n) is 5.14. The van der Waals surface area contributed by atoms with Crippen molar-refractivity contribution in [2.75, 3.05) is 19.0 Å². The van der Waals surface area contributed by atoms with E-state index in [1.165, 1.54) is 0 Å². The summed E-state index contributed by atoms with van der Waals surface area (Å²) in [7, 11) is 1.59. The molecule has 0 aliphatic carbocycles. The van der Waals surface area contributed by atoms with E-state index in [2.05, 4.69) is 20.8 Å². The third-order valence-electron chi connectivity index (χ3n) is 3.56. The Morgan fingerprint density at radius 2 is 2.00 bits per heavy atom. The van der Waals surface area contributed by atoms with Gasteiger partial charge in [-0.3, -0.25) is 4.79 Å². The normalized spacial score (nSPS) is 10.9. The third kappa shape index (κ3) is 3.55. The molecule has 122 valence electrons. The number of anilines is 1. The number of methoxy groups -OCH3 is 1. The number of H-pyrrole nitrogens is 1. The van der Waals surface area contributed by atoms with Crippen LogP contribution in [0.5, 0.6) is 5.75 Å². The minimum Gasteiger partial charge on any atom is -0.495 e. The molecular formula is C18H18N4O2. The molecule has 0 radical (unpaired) electrons. The van der Waals surface area contributed by atoms with Gasteiger partial charge in [-0.1, -0.05) is 30.3 Å². The molecule has 0 bridgehead atoms. The fourth-order valence-corrected chi connectivity index (χ4v) is 2.38. The van der Waals surface area contributed by atoms with Crippen LogP contribution in [0, 0.1) is 0 Å². The number of aromatic nitrogens is 1. The number of rotatable bonds is 6. The number of nitrogens with one attached hydrogen (secondary N) is 3. The molecule has 1 aromatic heterocycles. The fourth-order valence-electron chi connectivity index (χ4n) is 2.38. The van der Waals surface area contributed by atoms with Crippen LogP contribution in [0.25, 0.3) is 10.9 Å². The van der Waals surface area contributed by atoms with Crippen LogP contribution in [-0.2, 0) is 4.79 Å². The number of carbonyl (C=O) groups is 1. The van der Waals surface area contributed by atoms with Crippen molar-refractivity contribution in [2.24, 2.45) is 5.10 Å². The van der Waals surface area contributed by atoms with Gasteiger partial charge in [0.25, 0.3) is 5.91 Å². The highest BCUT2D eigenvalue weighted by molar-refractivity contribution is 5.99. The molecule has 2 aromatic carbocycles. The van der Waals surface area contributed by atoms with Crippen LogP contribution in [0.4, 0.5) is 5.69 Å². The average Bonchev–Trinajstić information content (AvgIpc) is 3.03. The molecule has 24 heavy (non-hydrogen) atoms. The Kier molecular flexibility index (Phi) is 4.76. The molecular weight excluding hydrogens is 304 g/mol. The highest BCUT2D eigenvalue weighted by Gasteiger charge is 2.04. The van der Waals surface area contributed by atoms with Gasteiger partial charge in [-0.25, -0.2) is 5.43 Å². The molecule has 0 atom stereocenters. The summed E-state index contributed by atoms with van der Waals surface area (Å²) in [6.07, 6.45) is 3.48. The number of aromatic amines is 1. The maximum atomic E-state index is 11.9. The summed E-state index contributed by atoms with van der Waals surface area (Å²) < 4.78 is 5.22. The van der Waals surface area contributed by atoms with E-state index in [-0.39, 0.29) is 12.5 Å². The van der Waals surface area contributed by atoms with E-state index < -0.39 is 0 Å². The van der Waals surface area contributed by atoms with Crippen molar-refractivity contribution in [1.29, 1.82) is 0 Å². The number of amides is 1. The van der Waals surface area contributed by atoms with E-state index in [1.54, 1.807) is 13.3 Å². The standard InChI is InChI=1S/C18H18N4O2/c1-24-17-9-5-4-8-16(17)20-12-18(23)22-21-11-13-10-19-15-7-3-2-6-14(13)15/h2-11,19-20H,12H2,1H3,(H,22,23). The van der Waals surface area contributed by atoms with E-state index >= 15 is 0 Å². The van der Waals surface area contributed by atoms with Crippen molar-refractivity contribution in [3.63, 3.8) is 0 Å². The molecule has 1 amide bonds. The molecule has 0 fully saturated rings. The lowest BCUT2D eigenvalue weighted by molar-refractivity contribution is -0.119. The second kappa shape index (κ2) is 7.32. The van der Waals surface area contributed by atoms with E-state index in [0.717, 1.165) is 22.2 Å². The van der Waals surface area contributed by atoms with Crippen LogP contribution in [0.15, 0.2) is 59.8 Å². The van der Waals surface area contributed by atoms with Crippen LogP contribution in [0.3, 0.4) is 0 Å². The summed E-state index contributed by atoms with van der Waals surface area (Å²) in [4.78, 5) is 15.0. The van der Waals surface area contributed by atoms with Gasteiger partial charge in [-0.15, -0.1) is 0 Å². The van der Waals surface area contributed by atoms with Crippen molar-refractivity contribution in [1.82, 2.24) is 10.4 Å². The zero-order valence-electron chi connectivity index (χ0n) is 13.2. The predicted molar refractivity (Wildman–Crippen MR) is 95.5 cm³/mol. The van der Waals surface area contributed by atoms with Crippen molar-refractivity contribution >= 4 is 28.7 Å². The Hall–Kier alpha value is -3.28. The molecule has 1 heterocycles. The molecule has 0 saturated heterocycles. The van der Waals surface area contributed by atoms with Gasteiger partial charge in [0.1, 0.15) is 5.75 Å². The van der Waals surface area contributed by atoms with Crippen molar-refractivity contribution in [3.8, 4) is 5.75 Å². The number of benzene rings is 2. The van der Waals surface area contributed by atoms with Gasteiger partial charge < -0.3 is 15.0 Å². The first-order valence-electron chi connectivity index (χ1n) is 7.53. The Labute approximate surface area is 139 Å². The largest absolute Gasteiger partial charge is 0.495 e. The smallest absolute Gasteiger partial charge is 0.259 e. The summed E-state index contributed by atoms with van der Waals surface area (Å²) in [5.41, 5.74) is 5.22. The quantitative estimate of drug-likeness (QED) is 0.482. The third-order valence-corrected chi connectivity index (χ3v) is 3.56. The zero-order valence-corrected chi connectivity index (χ0v) is 13.2. The lowest BCUT2D eigenvalue weighted by Crippen LogP contribution is -2.26. The molecule has 3 aromatic rings. The zero-order chi connectivity index (χ0) is 16.8.